The Morgan fingerprint density at radius 1 is 1.19 bits per heavy atom. The molecule has 110 valence electrons. The molecule has 2 aromatic rings. The van der Waals surface area contributed by atoms with Gasteiger partial charge in [0.15, 0.2) is 5.78 Å². The number of carbonyl (C=O) groups is 2. The van der Waals surface area contributed by atoms with Gasteiger partial charge in [0.1, 0.15) is 5.69 Å². The second kappa shape index (κ2) is 6.39. The van der Waals surface area contributed by atoms with Crippen molar-refractivity contribution in [2.75, 3.05) is 0 Å². The molecule has 1 atom stereocenters. The smallest absolute Gasteiger partial charge is 0.267 e. The van der Waals surface area contributed by atoms with Crippen LogP contribution in [0, 0.1) is 6.92 Å². The number of benzene rings is 1. The topological polar surface area (TPSA) is 62.0 Å². The van der Waals surface area contributed by atoms with Gasteiger partial charge in [-0.05, 0) is 26.3 Å². The van der Waals surface area contributed by atoms with Gasteiger partial charge in [-0.15, -0.1) is 0 Å². The summed E-state index contributed by atoms with van der Waals surface area (Å²) in [4.78, 5) is 27.2. The third-order valence-corrected chi connectivity index (χ3v) is 3.49. The fourth-order valence-electron chi connectivity index (χ4n) is 1.93. The zero-order valence-corrected chi connectivity index (χ0v) is 12.6. The van der Waals surface area contributed by atoms with Crippen LogP contribution in [0.15, 0.2) is 36.5 Å². The number of hydrogen-bond acceptors (Lipinski definition) is 2. The lowest BCUT2D eigenvalue weighted by Crippen LogP contribution is -2.32. The molecule has 0 bridgehead atoms. The minimum atomic E-state index is -0.188. The third kappa shape index (κ3) is 3.60. The first-order valence-electron chi connectivity index (χ1n) is 7.12. The largest absolute Gasteiger partial charge is 0.356 e. The predicted molar refractivity (Wildman–Crippen MR) is 82.6 cm³/mol. The molecule has 4 heteroatoms. The summed E-state index contributed by atoms with van der Waals surface area (Å²) in [5.74, 6) is -0.277. The van der Waals surface area contributed by atoms with Crippen LogP contribution in [-0.4, -0.2) is 22.7 Å². The Hall–Kier alpha value is -2.36. The molecule has 0 spiro atoms. The molecule has 0 aliphatic heterocycles. The predicted octanol–water partition coefficient (Wildman–Crippen LogP) is 3.08. The van der Waals surface area contributed by atoms with Gasteiger partial charge in [-0.25, -0.2) is 0 Å². The molecule has 0 radical (unpaired) electrons. The lowest BCUT2D eigenvalue weighted by molar-refractivity contribution is 0.0934. The highest BCUT2D eigenvalue weighted by atomic mass is 16.2. The van der Waals surface area contributed by atoms with Gasteiger partial charge in [-0.3, -0.25) is 9.59 Å². The molecule has 0 aliphatic rings. The number of carbonyl (C=O) groups excluding carboxylic acids is 2. The zero-order valence-electron chi connectivity index (χ0n) is 12.6. The van der Waals surface area contributed by atoms with Crippen molar-refractivity contribution in [1.82, 2.24) is 10.3 Å². The maximum Gasteiger partial charge on any atom is 0.267 e. The summed E-state index contributed by atoms with van der Waals surface area (Å²) in [5.41, 5.74) is 2.63. The van der Waals surface area contributed by atoms with Crippen LogP contribution < -0.4 is 5.32 Å². The number of aromatic amines is 1. The first-order chi connectivity index (χ1) is 10.0. The highest BCUT2D eigenvalue weighted by Crippen LogP contribution is 2.12. The second-order valence-corrected chi connectivity index (χ2v) is 5.28. The van der Waals surface area contributed by atoms with E-state index in [1.807, 2.05) is 32.9 Å². The highest BCUT2D eigenvalue weighted by molar-refractivity contribution is 6.10. The van der Waals surface area contributed by atoms with Gasteiger partial charge in [-0.1, -0.05) is 36.8 Å². The van der Waals surface area contributed by atoms with E-state index >= 15 is 0 Å². The van der Waals surface area contributed by atoms with Crippen molar-refractivity contribution >= 4 is 11.7 Å². The Kier molecular flexibility index (Phi) is 4.58. The van der Waals surface area contributed by atoms with Crippen molar-refractivity contribution in [3.8, 4) is 0 Å². The van der Waals surface area contributed by atoms with Crippen molar-refractivity contribution in [3.63, 3.8) is 0 Å². The number of aromatic nitrogens is 1. The molecular formula is C17H20N2O2. The molecule has 0 aliphatic carbocycles. The number of rotatable bonds is 5. The Morgan fingerprint density at radius 2 is 1.86 bits per heavy atom. The average molecular weight is 284 g/mol. The monoisotopic (exact) mass is 284 g/mol. The fourth-order valence-corrected chi connectivity index (χ4v) is 1.93. The number of aryl methyl sites for hydroxylation is 1. The van der Waals surface area contributed by atoms with E-state index in [0.717, 1.165) is 12.0 Å². The summed E-state index contributed by atoms with van der Waals surface area (Å²) in [6, 6.07) is 9.09. The lowest BCUT2D eigenvalue weighted by atomic mass is 10.0. The number of ketones is 1. The van der Waals surface area contributed by atoms with E-state index in [1.165, 1.54) is 0 Å². The summed E-state index contributed by atoms with van der Waals surface area (Å²) in [6.07, 6.45) is 2.44. The zero-order chi connectivity index (χ0) is 15.4. The van der Waals surface area contributed by atoms with Crippen molar-refractivity contribution in [2.45, 2.75) is 33.2 Å². The molecule has 2 N–H and O–H groups in total. The number of nitrogens with one attached hydrogen (secondary N) is 2. The molecule has 0 saturated carbocycles. The van der Waals surface area contributed by atoms with E-state index in [0.29, 0.717) is 16.8 Å². The van der Waals surface area contributed by atoms with Gasteiger partial charge in [0.25, 0.3) is 5.91 Å². The Morgan fingerprint density at radius 3 is 2.48 bits per heavy atom. The maximum absolute atomic E-state index is 12.3. The first kappa shape index (κ1) is 15.0. The van der Waals surface area contributed by atoms with Crippen molar-refractivity contribution in [3.05, 3.63) is 58.9 Å². The van der Waals surface area contributed by atoms with E-state index in [9.17, 15) is 9.59 Å². The van der Waals surface area contributed by atoms with Gasteiger partial charge in [0.05, 0.1) is 0 Å². The molecule has 2 rings (SSSR count). The number of hydrogen-bond donors (Lipinski definition) is 2. The average Bonchev–Trinajstić information content (AvgIpc) is 2.97. The third-order valence-electron chi connectivity index (χ3n) is 3.49. The van der Waals surface area contributed by atoms with Crippen LogP contribution in [0.3, 0.4) is 0 Å². The molecule has 4 nitrogen and oxygen atoms in total. The van der Waals surface area contributed by atoms with Crippen LogP contribution in [0.2, 0.25) is 0 Å². The van der Waals surface area contributed by atoms with Crippen molar-refractivity contribution in [1.29, 1.82) is 0 Å². The van der Waals surface area contributed by atoms with Gasteiger partial charge in [0, 0.05) is 23.4 Å². The first-order valence-corrected chi connectivity index (χ1v) is 7.12. The Bertz CT molecular complexity index is 641. The molecule has 1 amide bonds. The number of H-pyrrole nitrogens is 1. The normalized spacial score (nSPS) is 12.0. The molecule has 1 heterocycles. The van der Waals surface area contributed by atoms with E-state index < -0.39 is 0 Å². The highest BCUT2D eigenvalue weighted by Gasteiger charge is 2.15. The van der Waals surface area contributed by atoms with Crippen molar-refractivity contribution < 1.29 is 9.59 Å². The van der Waals surface area contributed by atoms with Crippen molar-refractivity contribution in [2.24, 2.45) is 0 Å². The minimum absolute atomic E-state index is 0.0890. The van der Waals surface area contributed by atoms with E-state index in [1.54, 1.807) is 24.4 Å². The standard InChI is InChI=1S/C17H20N2O2/c1-4-12(3)19-17(21)15-9-14(10-18-15)16(20)13-7-5-11(2)6-8-13/h5-10,12,18H,4H2,1-3H3,(H,19,21)/t12-/m0/s1. The summed E-state index contributed by atoms with van der Waals surface area (Å²) in [5, 5.41) is 2.86. The van der Waals surface area contributed by atoms with Crippen LogP contribution in [-0.2, 0) is 0 Å². The van der Waals surface area contributed by atoms with E-state index in [4.69, 9.17) is 0 Å². The second-order valence-electron chi connectivity index (χ2n) is 5.28. The quantitative estimate of drug-likeness (QED) is 0.829. The molecule has 21 heavy (non-hydrogen) atoms. The molecule has 0 fully saturated rings. The molecule has 1 aromatic heterocycles. The van der Waals surface area contributed by atoms with Crippen LogP contribution in [0.4, 0.5) is 0 Å². The summed E-state index contributed by atoms with van der Waals surface area (Å²) < 4.78 is 0. The number of amides is 1. The SMILES string of the molecule is CC[C@H](C)NC(=O)c1cc(C(=O)c2ccc(C)cc2)c[nH]1. The van der Waals surface area contributed by atoms with Gasteiger partial charge < -0.3 is 10.3 Å². The molecular weight excluding hydrogens is 264 g/mol. The van der Waals surface area contributed by atoms with E-state index in [-0.39, 0.29) is 17.7 Å². The van der Waals surface area contributed by atoms with Crippen LogP contribution >= 0.6 is 0 Å². The minimum Gasteiger partial charge on any atom is -0.356 e. The summed E-state index contributed by atoms with van der Waals surface area (Å²) in [7, 11) is 0. The van der Waals surface area contributed by atoms with Gasteiger partial charge in [-0.2, -0.15) is 0 Å². The van der Waals surface area contributed by atoms with Gasteiger partial charge >= 0.3 is 0 Å². The maximum atomic E-state index is 12.3. The summed E-state index contributed by atoms with van der Waals surface area (Å²) in [6.45, 7) is 5.92. The van der Waals surface area contributed by atoms with Crippen LogP contribution in [0.1, 0.15) is 52.2 Å². The lowest BCUT2D eigenvalue weighted by Gasteiger charge is -2.09. The molecule has 1 aromatic carbocycles. The van der Waals surface area contributed by atoms with Gasteiger partial charge in [0.2, 0.25) is 0 Å². The Balaban J connectivity index is 2.14. The summed E-state index contributed by atoms with van der Waals surface area (Å²) >= 11 is 0. The van der Waals surface area contributed by atoms with E-state index in [2.05, 4.69) is 10.3 Å². The van der Waals surface area contributed by atoms with Crippen LogP contribution in [0.25, 0.3) is 0 Å². The fraction of sp³-hybridized carbons (Fsp3) is 0.294. The van der Waals surface area contributed by atoms with Crippen LogP contribution in [0.5, 0.6) is 0 Å². The molecule has 0 unspecified atom stereocenters. The molecule has 0 saturated heterocycles. The Labute approximate surface area is 124 Å².